The lowest BCUT2D eigenvalue weighted by Crippen LogP contribution is -2.23. The minimum atomic E-state index is -4.42. The van der Waals surface area contributed by atoms with Crippen molar-refractivity contribution in [3.63, 3.8) is 0 Å². The zero-order valence-corrected chi connectivity index (χ0v) is 22.8. The molecule has 0 bridgehead atoms. The topological polar surface area (TPSA) is 72.6 Å². The monoisotopic (exact) mass is 561 g/mol. The van der Waals surface area contributed by atoms with Gasteiger partial charge in [0.15, 0.2) is 5.76 Å². The van der Waals surface area contributed by atoms with Gasteiger partial charge >= 0.3 is 12.1 Å². The van der Waals surface area contributed by atoms with E-state index in [0.29, 0.717) is 30.8 Å². The van der Waals surface area contributed by atoms with Gasteiger partial charge in [0.25, 0.3) is 0 Å². The molecule has 1 heterocycles. The average Bonchev–Trinajstić information content (AvgIpc) is 3.71. The van der Waals surface area contributed by atoms with Gasteiger partial charge in [0.2, 0.25) is 0 Å². The van der Waals surface area contributed by atoms with Crippen molar-refractivity contribution >= 4 is 11.7 Å². The number of aryl methyl sites for hydroxylation is 1. The number of aromatic nitrogens is 1. The van der Waals surface area contributed by atoms with Crippen molar-refractivity contribution in [1.29, 1.82) is 0 Å². The highest BCUT2D eigenvalue weighted by atomic mass is 19.4. The smallest absolute Gasteiger partial charge is 0.416 e. The van der Waals surface area contributed by atoms with Crippen LogP contribution in [0, 0.1) is 6.92 Å². The Hall–Kier alpha value is -4.33. The molecule has 0 unspecified atom stereocenters. The van der Waals surface area contributed by atoms with Crippen molar-refractivity contribution in [3.8, 4) is 22.5 Å². The normalized spacial score (nSPS) is 14.6. The van der Waals surface area contributed by atoms with Gasteiger partial charge in [0.05, 0.1) is 23.3 Å². The van der Waals surface area contributed by atoms with E-state index in [4.69, 9.17) is 9.26 Å². The largest absolute Gasteiger partial charge is 0.508 e. The fraction of sp³-hybridized carbons (Fsp3) is 0.273. The van der Waals surface area contributed by atoms with Crippen LogP contribution in [0.5, 0.6) is 0 Å². The highest BCUT2D eigenvalue weighted by Crippen LogP contribution is 2.49. The van der Waals surface area contributed by atoms with Crippen LogP contribution in [-0.2, 0) is 27.5 Å². The summed E-state index contributed by atoms with van der Waals surface area (Å²) in [5.41, 5.74) is 4.57. The fourth-order valence-corrected chi connectivity index (χ4v) is 5.01. The molecule has 0 aliphatic heterocycles. The van der Waals surface area contributed by atoms with Gasteiger partial charge in [0, 0.05) is 16.7 Å². The summed E-state index contributed by atoms with van der Waals surface area (Å²) < 4.78 is 49.3. The lowest BCUT2D eigenvalue weighted by molar-refractivity contribution is -0.146. The Morgan fingerprint density at radius 2 is 1.56 bits per heavy atom. The van der Waals surface area contributed by atoms with Gasteiger partial charge in [-0.1, -0.05) is 65.8 Å². The van der Waals surface area contributed by atoms with E-state index in [1.54, 1.807) is 6.08 Å². The fourth-order valence-electron chi connectivity index (χ4n) is 5.01. The van der Waals surface area contributed by atoms with E-state index >= 15 is 0 Å². The Labute approximate surface area is 236 Å². The van der Waals surface area contributed by atoms with E-state index in [1.165, 1.54) is 12.1 Å². The van der Waals surface area contributed by atoms with Gasteiger partial charge in [-0.05, 0) is 74.4 Å². The Morgan fingerprint density at radius 3 is 2.12 bits per heavy atom. The number of aliphatic hydroxyl groups excluding tert-OH is 1. The van der Waals surface area contributed by atoms with Crippen molar-refractivity contribution in [3.05, 3.63) is 107 Å². The molecule has 0 atom stereocenters. The minimum absolute atomic E-state index is 0.0837. The third-order valence-corrected chi connectivity index (χ3v) is 7.56. The van der Waals surface area contributed by atoms with Crippen molar-refractivity contribution in [1.82, 2.24) is 5.16 Å². The van der Waals surface area contributed by atoms with Gasteiger partial charge in [-0.25, -0.2) is 0 Å². The molecule has 0 saturated heterocycles. The first-order chi connectivity index (χ1) is 19.6. The third-order valence-electron chi connectivity index (χ3n) is 7.56. The minimum Gasteiger partial charge on any atom is -0.508 e. The number of esters is 1. The molecule has 1 N–H and O–H groups in total. The molecule has 41 heavy (non-hydrogen) atoms. The van der Waals surface area contributed by atoms with Gasteiger partial charge in [-0.2, -0.15) is 13.2 Å². The van der Waals surface area contributed by atoms with Crippen LogP contribution in [0.2, 0.25) is 0 Å². The first-order valence-electron chi connectivity index (χ1n) is 13.5. The highest BCUT2D eigenvalue weighted by molar-refractivity contribution is 5.87. The summed E-state index contributed by atoms with van der Waals surface area (Å²) >= 11 is 0. The van der Waals surface area contributed by atoms with E-state index in [0.717, 1.165) is 58.5 Å². The molecule has 3 aromatic carbocycles. The first-order valence-corrected chi connectivity index (χ1v) is 13.5. The lowest BCUT2D eigenvalue weighted by Gasteiger charge is -2.14. The molecular weight excluding hydrogens is 531 g/mol. The lowest BCUT2D eigenvalue weighted by atomic mass is 9.93. The Morgan fingerprint density at radius 1 is 0.976 bits per heavy atom. The van der Waals surface area contributed by atoms with Crippen LogP contribution in [0.25, 0.3) is 28.2 Å². The maximum absolute atomic E-state index is 12.8. The number of nitrogens with zero attached hydrogens (tertiary/aromatic N) is 1. The number of ether oxygens (including phenoxy) is 1. The van der Waals surface area contributed by atoms with Crippen LogP contribution in [0.4, 0.5) is 13.2 Å². The first kappa shape index (κ1) is 28.2. The second kappa shape index (κ2) is 11.3. The maximum atomic E-state index is 12.8. The zero-order valence-electron chi connectivity index (χ0n) is 22.8. The van der Waals surface area contributed by atoms with Crippen LogP contribution in [0.3, 0.4) is 0 Å². The molecule has 0 radical (unpaired) electrons. The number of rotatable bonds is 9. The molecule has 1 aromatic heterocycles. The van der Waals surface area contributed by atoms with E-state index < -0.39 is 17.2 Å². The average molecular weight is 562 g/mol. The number of halogens is 3. The second-order valence-electron chi connectivity index (χ2n) is 10.2. The summed E-state index contributed by atoms with van der Waals surface area (Å²) in [7, 11) is 0. The Bertz CT molecular complexity index is 1550. The van der Waals surface area contributed by atoms with E-state index in [-0.39, 0.29) is 11.7 Å². The van der Waals surface area contributed by atoms with E-state index in [9.17, 15) is 23.1 Å². The van der Waals surface area contributed by atoms with Crippen LogP contribution in [-0.4, -0.2) is 22.8 Å². The number of carbonyl (C=O) groups is 1. The standard InChI is InChI=1S/C33H30F3NO4/c1-3-40-31(39)32(19-20-32)26-15-11-23(12-16-26)22-7-9-25(10-8-22)30-28(21(2)37-41-30)5-4-6-29(38)24-13-17-27(18-14-24)33(34,35)36/h6-18,38H,3-5,19-20H2,1-2H3/b29-6-. The Balaban J connectivity index is 1.26. The van der Waals surface area contributed by atoms with Crippen molar-refractivity contribution in [2.45, 2.75) is 51.1 Å². The summed E-state index contributed by atoms with van der Waals surface area (Å²) in [5, 5.41) is 14.5. The molecular formula is C33H30F3NO4. The van der Waals surface area contributed by atoms with Gasteiger partial charge in [0.1, 0.15) is 5.76 Å². The molecule has 8 heteroatoms. The number of carbonyl (C=O) groups excluding carboxylic acids is 1. The van der Waals surface area contributed by atoms with Crippen molar-refractivity contribution in [2.75, 3.05) is 6.61 Å². The molecule has 1 fully saturated rings. The predicted octanol–water partition coefficient (Wildman–Crippen LogP) is 8.46. The summed E-state index contributed by atoms with van der Waals surface area (Å²) in [6.45, 7) is 4.04. The van der Waals surface area contributed by atoms with Crippen molar-refractivity contribution in [2.24, 2.45) is 0 Å². The van der Waals surface area contributed by atoms with Gasteiger partial charge in [-0.15, -0.1) is 0 Å². The molecule has 0 amide bonds. The molecule has 212 valence electrons. The molecule has 5 rings (SSSR count). The number of benzene rings is 3. The molecule has 5 nitrogen and oxygen atoms in total. The maximum Gasteiger partial charge on any atom is 0.416 e. The number of hydrogen-bond acceptors (Lipinski definition) is 5. The number of aliphatic hydroxyl groups is 1. The van der Waals surface area contributed by atoms with E-state index in [1.807, 2.05) is 62.4 Å². The van der Waals surface area contributed by atoms with E-state index in [2.05, 4.69) is 5.16 Å². The summed E-state index contributed by atoms with van der Waals surface area (Å²) in [6, 6.07) is 20.4. The molecule has 1 aliphatic carbocycles. The SMILES string of the molecule is CCOC(=O)C1(c2ccc(-c3ccc(-c4onc(C)c4CC/C=C(\O)c4ccc(C(F)(F)F)cc4)cc3)cc2)CC1. The summed E-state index contributed by atoms with van der Waals surface area (Å²) in [4.78, 5) is 12.4. The molecule has 4 aromatic rings. The second-order valence-corrected chi connectivity index (χ2v) is 10.2. The van der Waals surface area contributed by atoms with Crippen LogP contribution in [0.1, 0.15) is 54.1 Å². The van der Waals surface area contributed by atoms with Crippen molar-refractivity contribution < 1.29 is 32.3 Å². The number of hydrogen-bond donors (Lipinski definition) is 1. The number of alkyl halides is 3. The third kappa shape index (κ3) is 5.92. The summed E-state index contributed by atoms with van der Waals surface area (Å²) in [5.74, 6) is 0.400. The molecule has 0 spiro atoms. The quantitative estimate of drug-likeness (QED) is 0.164. The molecule has 1 aliphatic rings. The number of allylic oxidation sites excluding steroid dienone is 1. The van der Waals surface area contributed by atoms with Crippen LogP contribution >= 0.6 is 0 Å². The molecule has 1 saturated carbocycles. The predicted molar refractivity (Wildman–Crippen MR) is 150 cm³/mol. The van der Waals surface area contributed by atoms with Crippen LogP contribution < -0.4 is 0 Å². The highest BCUT2D eigenvalue weighted by Gasteiger charge is 2.52. The summed E-state index contributed by atoms with van der Waals surface area (Å²) in [6.07, 6.45) is -0.250. The van der Waals surface area contributed by atoms with Crippen LogP contribution in [0.15, 0.2) is 83.4 Å². The van der Waals surface area contributed by atoms with Gasteiger partial charge < -0.3 is 14.4 Å². The Kier molecular flexibility index (Phi) is 7.76. The van der Waals surface area contributed by atoms with Gasteiger partial charge in [-0.3, -0.25) is 4.79 Å². The zero-order chi connectivity index (χ0) is 29.2.